The second-order valence-electron chi connectivity index (χ2n) is 6.01. The molecule has 0 bridgehead atoms. The Labute approximate surface area is 132 Å². The van der Waals surface area contributed by atoms with Crippen molar-refractivity contribution < 1.29 is 14.0 Å². The molecule has 1 heterocycles. The van der Waals surface area contributed by atoms with Crippen molar-refractivity contribution in [1.82, 2.24) is 10.2 Å². The number of hydrogen-bond donors (Lipinski definition) is 1. The third-order valence-electron chi connectivity index (χ3n) is 4.65. The van der Waals surface area contributed by atoms with Crippen molar-refractivity contribution >= 4 is 11.9 Å². The lowest BCUT2D eigenvalue weighted by atomic mass is 9.92. The number of imide groups is 1. The van der Waals surface area contributed by atoms with Gasteiger partial charge in [0.1, 0.15) is 11.4 Å². The molecule has 0 radical (unpaired) electrons. The maximum atomic E-state index is 13.3. The summed E-state index contributed by atoms with van der Waals surface area (Å²) in [5, 5.41) is 2.86. The molecule has 23 heavy (non-hydrogen) atoms. The van der Waals surface area contributed by atoms with E-state index < -0.39 is 11.6 Å². The predicted molar refractivity (Wildman–Crippen MR) is 81.9 cm³/mol. The van der Waals surface area contributed by atoms with Crippen LogP contribution < -0.4 is 5.32 Å². The van der Waals surface area contributed by atoms with Gasteiger partial charge in [0.15, 0.2) is 0 Å². The Balaban J connectivity index is 1.68. The van der Waals surface area contributed by atoms with Gasteiger partial charge in [-0.3, -0.25) is 9.69 Å². The first-order valence-corrected chi connectivity index (χ1v) is 7.57. The number of amides is 3. The number of urea groups is 1. The minimum absolute atomic E-state index is 0.0757. The normalized spacial score (nSPS) is 22.6. The molecule has 2 aliphatic rings. The molecular formula is C18H15FN2O2. The van der Waals surface area contributed by atoms with Crippen molar-refractivity contribution in [2.75, 3.05) is 0 Å². The molecule has 1 aliphatic heterocycles. The average molecular weight is 310 g/mol. The van der Waals surface area contributed by atoms with Crippen molar-refractivity contribution in [3.8, 4) is 0 Å². The SMILES string of the molecule is O=C1N[C@]2(CCc3ccccc32)C(=O)N1Cc1cccc(F)c1. The highest BCUT2D eigenvalue weighted by molar-refractivity contribution is 6.08. The van der Waals surface area contributed by atoms with Crippen LogP contribution in [0.4, 0.5) is 9.18 Å². The summed E-state index contributed by atoms with van der Waals surface area (Å²) in [5.74, 6) is -0.632. The van der Waals surface area contributed by atoms with E-state index in [2.05, 4.69) is 5.32 Å². The van der Waals surface area contributed by atoms with Crippen LogP contribution in [0.2, 0.25) is 0 Å². The second kappa shape index (κ2) is 4.91. The molecule has 1 spiro atoms. The fraction of sp³-hybridized carbons (Fsp3) is 0.222. The van der Waals surface area contributed by atoms with E-state index in [0.717, 1.165) is 17.5 Å². The summed E-state index contributed by atoms with van der Waals surface area (Å²) < 4.78 is 13.3. The van der Waals surface area contributed by atoms with Gasteiger partial charge in [-0.05, 0) is 41.7 Å². The van der Waals surface area contributed by atoms with Crippen molar-refractivity contribution in [3.63, 3.8) is 0 Å². The molecule has 2 aromatic rings. The summed E-state index contributed by atoms with van der Waals surface area (Å²) in [6.45, 7) is 0.0757. The van der Waals surface area contributed by atoms with Crippen LogP contribution in [0.15, 0.2) is 48.5 Å². The minimum Gasteiger partial charge on any atom is -0.319 e. The zero-order valence-electron chi connectivity index (χ0n) is 12.4. The molecule has 4 rings (SSSR count). The molecule has 1 atom stereocenters. The maximum absolute atomic E-state index is 13.3. The standard InChI is InChI=1S/C18H15FN2O2/c19-14-6-3-4-12(10-14)11-21-16(22)18(20-17(21)23)9-8-13-5-1-2-7-15(13)18/h1-7,10H,8-9,11H2,(H,20,23)/t18-/m0/s1. The molecule has 4 nitrogen and oxygen atoms in total. The summed E-state index contributed by atoms with van der Waals surface area (Å²) in [6, 6.07) is 13.2. The lowest BCUT2D eigenvalue weighted by molar-refractivity contribution is -0.132. The number of nitrogens with one attached hydrogen (secondary N) is 1. The molecule has 1 fully saturated rings. The number of fused-ring (bicyclic) bond motifs is 2. The summed E-state index contributed by atoms with van der Waals surface area (Å²) in [7, 11) is 0. The van der Waals surface area contributed by atoms with Gasteiger partial charge in [0.05, 0.1) is 6.54 Å². The molecule has 1 aliphatic carbocycles. The highest BCUT2D eigenvalue weighted by atomic mass is 19.1. The van der Waals surface area contributed by atoms with Gasteiger partial charge in [-0.25, -0.2) is 9.18 Å². The Bertz CT molecular complexity index is 820. The lowest BCUT2D eigenvalue weighted by Gasteiger charge is -2.22. The Hall–Kier alpha value is -2.69. The smallest absolute Gasteiger partial charge is 0.319 e. The summed E-state index contributed by atoms with van der Waals surface area (Å²) in [4.78, 5) is 26.5. The first kappa shape index (κ1) is 13.9. The topological polar surface area (TPSA) is 49.4 Å². The number of carbonyl (C=O) groups is 2. The third-order valence-corrected chi connectivity index (χ3v) is 4.65. The Morgan fingerprint density at radius 1 is 1.13 bits per heavy atom. The first-order valence-electron chi connectivity index (χ1n) is 7.57. The average Bonchev–Trinajstić information content (AvgIpc) is 3.02. The predicted octanol–water partition coefficient (Wildman–Crippen LogP) is 2.72. The fourth-order valence-electron chi connectivity index (χ4n) is 3.55. The van der Waals surface area contributed by atoms with Gasteiger partial charge >= 0.3 is 6.03 Å². The number of halogens is 1. The van der Waals surface area contributed by atoms with Gasteiger partial charge in [-0.1, -0.05) is 36.4 Å². The highest BCUT2D eigenvalue weighted by Gasteiger charge is 2.55. The molecule has 2 aromatic carbocycles. The van der Waals surface area contributed by atoms with E-state index in [-0.39, 0.29) is 18.3 Å². The number of carbonyl (C=O) groups excluding carboxylic acids is 2. The Morgan fingerprint density at radius 2 is 1.96 bits per heavy atom. The zero-order valence-corrected chi connectivity index (χ0v) is 12.4. The van der Waals surface area contributed by atoms with Crippen molar-refractivity contribution in [2.45, 2.75) is 24.9 Å². The molecule has 0 unspecified atom stereocenters. The van der Waals surface area contributed by atoms with Crippen molar-refractivity contribution in [3.05, 3.63) is 71.0 Å². The van der Waals surface area contributed by atoms with Crippen LogP contribution in [-0.4, -0.2) is 16.8 Å². The molecule has 3 amide bonds. The second-order valence-corrected chi connectivity index (χ2v) is 6.01. The first-order chi connectivity index (χ1) is 11.1. The highest BCUT2D eigenvalue weighted by Crippen LogP contribution is 2.41. The van der Waals surface area contributed by atoms with Gasteiger partial charge in [0, 0.05) is 0 Å². The van der Waals surface area contributed by atoms with Crippen LogP contribution in [0.3, 0.4) is 0 Å². The summed E-state index contributed by atoms with van der Waals surface area (Å²) in [5.41, 5.74) is 1.60. The van der Waals surface area contributed by atoms with Crippen molar-refractivity contribution in [2.24, 2.45) is 0 Å². The summed E-state index contributed by atoms with van der Waals surface area (Å²) in [6.07, 6.45) is 1.33. The van der Waals surface area contributed by atoms with E-state index in [9.17, 15) is 14.0 Å². The molecule has 116 valence electrons. The van der Waals surface area contributed by atoms with Crippen LogP contribution in [0.25, 0.3) is 0 Å². The molecule has 1 N–H and O–H groups in total. The Kier molecular flexibility index (Phi) is 2.98. The monoisotopic (exact) mass is 310 g/mol. The Morgan fingerprint density at radius 3 is 2.78 bits per heavy atom. The number of hydrogen-bond acceptors (Lipinski definition) is 2. The van der Waals surface area contributed by atoms with Gasteiger partial charge in [-0.15, -0.1) is 0 Å². The van der Waals surface area contributed by atoms with E-state index in [4.69, 9.17) is 0 Å². The lowest BCUT2D eigenvalue weighted by Crippen LogP contribution is -2.41. The van der Waals surface area contributed by atoms with E-state index >= 15 is 0 Å². The molecule has 0 saturated carbocycles. The summed E-state index contributed by atoms with van der Waals surface area (Å²) >= 11 is 0. The number of nitrogens with zero attached hydrogens (tertiary/aromatic N) is 1. The van der Waals surface area contributed by atoms with E-state index in [1.807, 2.05) is 24.3 Å². The molecular weight excluding hydrogens is 295 g/mol. The maximum Gasteiger partial charge on any atom is 0.325 e. The van der Waals surface area contributed by atoms with Gasteiger partial charge in [0.2, 0.25) is 0 Å². The fourth-order valence-corrected chi connectivity index (χ4v) is 3.55. The van der Waals surface area contributed by atoms with E-state index in [1.165, 1.54) is 17.0 Å². The van der Waals surface area contributed by atoms with E-state index in [0.29, 0.717) is 12.0 Å². The van der Waals surface area contributed by atoms with Gasteiger partial charge in [-0.2, -0.15) is 0 Å². The van der Waals surface area contributed by atoms with Crippen LogP contribution in [-0.2, 0) is 23.3 Å². The van der Waals surface area contributed by atoms with Crippen LogP contribution in [0.5, 0.6) is 0 Å². The van der Waals surface area contributed by atoms with Crippen molar-refractivity contribution in [1.29, 1.82) is 0 Å². The number of rotatable bonds is 2. The molecule has 0 aromatic heterocycles. The van der Waals surface area contributed by atoms with Gasteiger partial charge in [0.25, 0.3) is 5.91 Å². The van der Waals surface area contributed by atoms with Crippen LogP contribution in [0, 0.1) is 5.82 Å². The zero-order chi connectivity index (χ0) is 16.0. The largest absolute Gasteiger partial charge is 0.325 e. The van der Waals surface area contributed by atoms with Crippen LogP contribution >= 0.6 is 0 Å². The van der Waals surface area contributed by atoms with E-state index in [1.54, 1.807) is 12.1 Å². The van der Waals surface area contributed by atoms with Crippen LogP contribution in [0.1, 0.15) is 23.1 Å². The minimum atomic E-state index is -0.957. The third kappa shape index (κ3) is 2.04. The van der Waals surface area contributed by atoms with Gasteiger partial charge < -0.3 is 5.32 Å². The molecule has 1 saturated heterocycles. The number of aryl methyl sites for hydroxylation is 1. The quantitative estimate of drug-likeness (QED) is 0.867. The molecule has 5 heteroatoms. The number of benzene rings is 2.